The van der Waals surface area contributed by atoms with Gasteiger partial charge in [0.25, 0.3) is 0 Å². The van der Waals surface area contributed by atoms with E-state index in [1.54, 1.807) is 13.0 Å². The molecular formula is C14H17ClO. The number of allylic oxidation sites excluding steroid dienone is 1. The second kappa shape index (κ2) is 5.31. The van der Waals surface area contributed by atoms with Crippen LogP contribution in [0.15, 0.2) is 36.9 Å². The smallest absolute Gasteiger partial charge is 0.140 e. The summed E-state index contributed by atoms with van der Waals surface area (Å²) < 4.78 is 0. The average molecular weight is 237 g/mol. The first kappa shape index (κ1) is 13.0. The Bertz CT molecular complexity index is 380. The zero-order valence-electron chi connectivity index (χ0n) is 9.79. The fraction of sp³-hybridized carbons (Fsp3) is 0.357. The molecule has 1 aromatic carbocycles. The monoisotopic (exact) mass is 236 g/mol. The van der Waals surface area contributed by atoms with Gasteiger partial charge in [0.1, 0.15) is 5.78 Å². The second-order valence-corrected chi connectivity index (χ2v) is 4.51. The summed E-state index contributed by atoms with van der Waals surface area (Å²) in [5.41, 5.74) is 0.676. The highest BCUT2D eigenvalue weighted by atomic mass is 35.5. The maximum atomic E-state index is 11.7. The Morgan fingerprint density at radius 3 is 2.38 bits per heavy atom. The summed E-state index contributed by atoms with van der Waals surface area (Å²) in [6.45, 7) is 7.43. The van der Waals surface area contributed by atoms with E-state index in [9.17, 15) is 4.79 Å². The molecule has 16 heavy (non-hydrogen) atoms. The maximum absolute atomic E-state index is 11.7. The standard InChI is InChI=1S/C14H17ClO/c1-4-14(5-2,11(3)16)10-12-6-8-13(15)9-7-12/h4,6-9H,1,5,10H2,2-3H3. The third-order valence-corrected chi connectivity index (χ3v) is 3.41. The van der Waals surface area contributed by atoms with Gasteiger partial charge in [0, 0.05) is 5.02 Å². The summed E-state index contributed by atoms with van der Waals surface area (Å²) in [5, 5.41) is 0.715. The van der Waals surface area contributed by atoms with Gasteiger partial charge < -0.3 is 0 Å². The summed E-state index contributed by atoms with van der Waals surface area (Å²) in [7, 11) is 0. The summed E-state index contributed by atoms with van der Waals surface area (Å²) in [6, 6.07) is 7.61. The molecule has 2 heteroatoms. The number of carbonyl (C=O) groups excluding carboxylic acids is 1. The number of hydrogen-bond donors (Lipinski definition) is 0. The summed E-state index contributed by atoms with van der Waals surface area (Å²) in [4.78, 5) is 11.7. The first-order valence-corrected chi connectivity index (χ1v) is 5.81. The maximum Gasteiger partial charge on any atom is 0.140 e. The van der Waals surface area contributed by atoms with Gasteiger partial charge in [0.05, 0.1) is 5.41 Å². The Labute approximate surface area is 102 Å². The van der Waals surface area contributed by atoms with Gasteiger partial charge in [-0.05, 0) is 37.5 Å². The van der Waals surface area contributed by atoms with Gasteiger partial charge in [-0.3, -0.25) is 4.79 Å². The molecule has 0 heterocycles. The molecule has 0 N–H and O–H groups in total. The Morgan fingerprint density at radius 2 is 2.00 bits per heavy atom. The van der Waals surface area contributed by atoms with Gasteiger partial charge in [-0.2, -0.15) is 0 Å². The van der Waals surface area contributed by atoms with Gasteiger partial charge in [0.2, 0.25) is 0 Å². The first-order valence-electron chi connectivity index (χ1n) is 5.43. The molecule has 1 aromatic rings. The van der Waals surface area contributed by atoms with Crippen molar-refractivity contribution >= 4 is 17.4 Å². The molecule has 0 aliphatic rings. The molecule has 0 spiro atoms. The first-order chi connectivity index (χ1) is 7.54. The van der Waals surface area contributed by atoms with E-state index in [-0.39, 0.29) is 5.78 Å². The Kier molecular flexibility index (Phi) is 4.31. The van der Waals surface area contributed by atoms with Crippen LogP contribution in [0.5, 0.6) is 0 Å². The second-order valence-electron chi connectivity index (χ2n) is 4.07. The van der Waals surface area contributed by atoms with Gasteiger partial charge >= 0.3 is 0 Å². The van der Waals surface area contributed by atoms with Crippen molar-refractivity contribution in [1.82, 2.24) is 0 Å². The molecule has 86 valence electrons. The number of hydrogen-bond acceptors (Lipinski definition) is 1. The van der Waals surface area contributed by atoms with Gasteiger partial charge in [-0.15, -0.1) is 6.58 Å². The van der Waals surface area contributed by atoms with E-state index in [4.69, 9.17) is 11.6 Å². The largest absolute Gasteiger partial charge is 0.299 e. The summed E-state index contributed by atoms with van der Waals surface area (Å²) in [6.07, 6.45) is 3.23. The lowest BCUT2D eigenvalue weighted by atomic mass is 9.76. The molecule has 0 aliphatic carbocycles. The number of benzene rings is 1. The van der Waals surface area contributed by atoms with E-state index < -0.39 is 5.41 Å². The lowest BCUT2D eigenvalue weighted by Crippen LogP contribution is -2.28. The van der Waals surface area contributed by atoms with Crippen molar-refractivity contribution in [2.75, 3.05) is 0 Å². The van der Waals surface area contributed by atoms with E-state index in [1.807, 2.05) is 31.2 Å². The van der Waals surface area contributed by atoms with Gasteiger partial charge in [0.15, 0.2) is 0 Å². The normalized spacial score (nSPS) is 14.2. The third kappa shape index (κ3) is 2.73. The third-order valence-electron chi connectivity index (χ3n) is 3.16. The van der Waals surface area contributed by atoms with E-state index >= 15 is 0 Å². The van der Waals surface area contributed by atoms with Crippen molar-refractivity contribution in [1.29, 1.82) is 0 Å². The zero-order chi connectivity index (χ0) is 12.2. The molecule has 1 rings (SSSR count). The molecule has 0 aromatic heterocycles. The van der Waals surface area contributed by atoms with Crippen LogP contribution in [-0.2, 0) is 11.2 Å². The molecule has 0 amide bonds. The van der Waals surface area contributed by atoms with E-state index in [0.29, 0.717) is 11.4 Å². The van der Waals surface area contributed by atoms with Crippen LogP contribution in [0, 0.1) is 5.41 Å². The summed E-state index contributed by atoms with van der Waals surface area (Å²) >= 11 is 5.83. The number of ketones is 1. The predicted octanol–water partition coefficient (Wildman–Crippen LogP) is 4.05. The van der Waals surface area contributed by atoms with Crippen molar-refractivity contribution in [2.24, 2.45) is 5.41 Å². The molecule has 1 unspecified atom stereocenters. The highest BCUT2D eigenvalue weighted by Gasteiger charge is 2.29. The Balaban J connectivity index is 2.96. The fourth-order valence-corrected chi connectivity index (χ4v) is 1.95. The van der Waals surface area contributed by atoms with Crippen molar-refractivity contribution in [3.63, 3.8) is 0 Å². The number of rotatable bonds is 5. The van der Waals surface area contributed by atoms with Crippen molar-refractivity contribution < 1.29 is 4.79 Å². The molecule has 1 atom stereocenters. The minimum Gasteiger partial charge on any atom is -0.299 e. The SMILES string of the molecule is C=CC(CC)(Cc1ccc(Cl)cc1)C(C)=O. The Hall–Kier alpha value is -1.08. The van der Waals surface area contributed by atoms with Crippen LogP contribution >= 0.6 is 11.6 Å². The molecule has 1 nitrogen and oxygen atoms in total. The van der Waals surface area contributed by atoms with Gasteiger partial charge in [-0.1, -0.05) is 36.7 Å². The lowest BCUT2D eigenvalue weighted by molar-refractivity contribution is -0.124. The molecule has 0 saturated carbocycles. The summed E-state index contributed by atoms with van der Waals surface area (Å²) in [5.74, 6) is 0.167. The highest BCUT2D eigenvalue weighted by molar-refractivity contribution is 6.30. The van der Waals surface area contributed by atoms with Crippen LogP contribution in [0.2, 0.25) is 5.02 Å². The van der Waals surface area contributed by atoms with Crippen LogP contribution < -0.4 is 0 Å². The van der Waals surface area contributed by atoms with Crippen molar-refractivity contribution in [3.8, 4) is 0 Å². The van der Waals surface area contributed by atoms with Crippen molar-refractivity contribution in [2.45, 2.75) is 26.7 Å². The quantitative estimate of drug-likeness (QED) is 0.705. The number of Topliss-reactive ketones (excluding diaryl/α,β-unsaturated/α-hetero) is 1. The van der Waals surface area contributed by atoms with E-state index in [0.717, 1.165) is 12.0 Å². The highest BCUT2D eigenvalue weighted by Crippen LogP contribution is 2.30. The molecule has 0 aliphatic heterocycles. The van der Waals surface area contributed by atoms with Crippen LogP contribution in [0.4, 0.5) is 0 Å². The predicted molar refractivity (Wildman–Crippen MR) is 68.8 cm³/mol. The minimum atomic E-state index is -0.437. The number of halogens is 1. The topological polar surface area (TPSA) is 17.1 Å². The Morgan fingerprint density at radius 1 is 1.44 bits per heavy atom. The van der Waals surface area contributed by atoms with Crippen LogP contribution in [-0.4, -0.2) is 5.78 Å². The lowest BCUT2D eigenvalue weighted by Gasteiger charge is -2.26. The van der Waals surface area contributed by atoms with E-state index in [2.05, 4.69) is 6.58 Å². The molecular weight excluding hydrogens is 220 g/mol. The minimum absolute atomic E-state index is 0.167. The van der Waals surface area contributed by atoms with Crippen LogP contribution in [0.1, 0.15) is 25.8 Å². The van der Waals surface area contributed by atoms with E-state index in [1.165, 1.54) is 0 Å². The molecule has 0 saturated heterocycles. The molecule has 0 bridgehead atoms. The molecule has 0 radical (unpaired) electrons. The van der Waals surface area contributed by atoms with Gasteiger partial charge in [-0.25, -0.2) is 0 Å². The average Bonchev–Trinajstić information content (AvgIpc) is 2.28. The fourth-order valence-electron chi connectivity index (χ4n) is 1.83. The zero-order valence-corrected chi connectivity index (χ0v) is 10.6. The number of carbonyl (C=O) groups is 1. The van der Waals surface area contributed by atoms with Crippen molar-refractivity contribution in [3.05, 3.63) is 47.5 Å². The molecule has 0 fully saturated rings. The van der Waals surface area contributed by atoms with Crippen LogP contribution in [0.25, 0.3) is 0 Å². The van der Waals surface area contributed by atoms with Crippen LogP contribution in [0.3, 0.4) is 0 Å².